The molecule has 0 bridgehead atoms. The minimum Gasteiger partial charge on any atom is -0.493 e. The summed E-state index contributed by atoms with van der Waals surface area (Å²) < 4.78 is 15.4. The fraction of sp³-hybridized carbons (Fsp3) is 0.133. The first-order valence-electron chi connectivity index (χ1n) is 5.86. The molecule has 0 saturated heterocycles. The number of ether oxygens (including phenoxy) is 2. The summed E-state index contributed by atoms with van der Waals surface area (Å²) in [7, 11) is 3.02. The summed E-state index contributed by atoms with van der Waals surface area (Å²) in [5.74, 6) is 0.432. The first-order chi connectivity index (χ1) is 9.65. The third-order valence-corrected chi connectivity index (χ3v) is 2.75. The zero-order valence-electron chi connectivity index (χ0n) is 11.1. The van der Waals surface area contributed by atoms with Crippen LogP contribution in [-0.2, 0) is 4.79 Å². The van der Waals surface area contributed by atoms with E-state index in [4.69, 9.17) is 13.9 Å². The van der Waals surface area contributed by atoms with Gasteiger partial charge in [-0.05, 0) is 35.9 Å². The quantitative estimate of drug-likeness (QED) is 0.849. The van der Waals surface area contributed by atoms with Crippen LogP contribution in [0.4, 0.5) is 0 Å². The van der Waals surface area contributed by atoms with E-state index in [0.29, 0.717) is 22.8 Å². The fourth-order valence-electron chi connectivity index (χ4n) is 1.79. The van der Waals surface area contributed by atoms with Gasteiger partial charge in [-0.15, -0.1) is 0 Å². The molecule has 0 aliphatic rings. The molecule has 0 spiro atoms. The molecular formula is C15H14O5. The van der Waals surface area contributed by atoms with Gasteiger partial charge in [-0.25, -0.2) is 4.79 Å². The summed E-state index contributed by atoms with van der Waals surface area (Å²) in [6, 6.07) is 8.31. The lowest BCUT2D eigenvalue weighted by Gasteiger charge is -2.09. The predicted octanol–water partition coefficient (Wildman–Crippen LogP) is 2.92. The average Bonchev–Trinajstić information content (AvgIpc) is 2.96. The van der Waals surface area contributed by atoms with Crippen molar-refractivity contribution < 1.29 is 23.8 Å². The number of carbonyl (C=O) groups is 1. The SMILES string of the molecule is COc1ccc(C(=Cc2ccco2)C(=O)O)cc1OC. The second-order valence-electron chi connectivity index (χ2n) is 3.95. The molecular weight excluding hydrogens is 260 g/mol. The van der Waals surface area contributed by atoms with Crippen molar-refractivity contribution in [2.75, 3.05) is 14.2 Å². The molecule has 0 radical (unpaired) electrons. The highest BCUT2D eigenvalue weighted by Gasteiger charge is 2.14. The molecule has 1 aromatic heterocycles. The Bertz CT molecular complexity index is 626. The van der Waals surface area contributed by atoms with Crippen molar-refractivity contribution in [1.29, 1.82) is 0 Å². The largest absolute Gasteiger partial charge is 0.493 e. The normalized spacial score (nSPS) is 11.2. The summed E-state index contributed by atoms with van der Waals surface area (Å²) in [5.41, 5.74) is 0.618. The molecule has 5 heteroatoms. The maximum Gasteiger partial charge on any atom is 0.336 e. The van der Waals surface area contributed by atoms with Crippen LogP contribution < -0.4 is 9.47 Å². The number of hydrogen-bond acceptors (Lipinski definition) is 4. The smallest absolute Gasteiger partial charge is 0.336 e. The Morgan fingerprint density at radius 1 is 1.20 bits per heavy atom. The van der Waals surface area contributed by atoms with Crippen LogP contribution in [0.1, 0.15) is 11.3 Å². The maximum absolute atomic E-state index is 11.4. The summed E-state index contributed by atoms with van der Waals surface area (Å²) in [5, 5.41) is 9.33. The Morgan fingerprint density at radius 3 is 2.50 bits per heavy atom. The Hall–Kier alpha value is -2.69. The van der Waals surface area contributed by atoms with Crippen LogP contribution in [0, 0.1) is 0 Å². The third-order valence-electron chi connectivity index (χ3n) is 2.75. The van der Waals surface area contributed by atoms with Crippen molar-refractivity contribution in [2.45, 2.75) is 0 Å². The standard InChI is InChI=1S/C15H14O5/c1-18-13-6-5-10(8-14(13)19-2)12(15(16)17)9-11-4-3-7-20-11/h3-9H,1-2H3,(H,16,17). The van der Waals surface area contributed by atoms with Crippen LogP contribution in [0.25, 0.3) is 11.6 Å². The van der Waals surface area contributed by atoms with E-state index in [0.717, 1.165) is 0 Å². The van der Waals surface area contributed by atoms with Gasteiger partial charge in [0, 0.05) is 0 Å². The topological polar surface area (TPSA) is 68.9 Å². The Kier molecular flexibility index (Phi) is 4.10. The molecule has 0 fully saturated rings. The fourth-order valence-corrected chi connectivity index (χ4v) is 1.79. The van der Waals surface area contributed by atoms with E-state index >= 15 is 0 Å². The van der Waals surface area contributed by atoms with Gasteiger partial charge in [-0.2, -0.15) is 0 Å². The van der Waals surface area contributed by atoms with E-state index in [-0.39, 0.29) is 5.57 Å². The maximum atomic E-state index is 11.4. The Balaban J connectivity index is 2.48. The molecule has 0 amide bonds. The van der Waals surface area contributed by atoms with Crippen molar-refractivity contribution in [2.24, 2.45) is 0 Å². The molecule has 0 aliphatic heterocycles. The van der Waals surface area contributed by atoms with Crippen molar-refractivity contribution in [1.82, 2.24) is 0 Å². The number of methoxy groups -OCH3 is 2. The van der Waals surface area contributed by atoms with Crippen LogP contribution in [0.3, 0.4) is 0 Å². The minimum absolute atomic E-state index is 0.112. The lowest BCUT2D eigenvalue weighted by Crippen LogP contribution is -2.00. The van der Waals surface area contributed by atoms with Gasteiger partial charge in [0.25, 0.3) is 0 Å². The third kappa shape index (κ3) is 2.83. The molecule has 1 N–H and O–H groups in total. The van der Waals surface area contributed by atoms with Crippen LogP contribution in [-0.4, -0.2) is 25.3 Å². The van der Waals surface area contributed by atoms with E-state index in [1.807, 2.05) is 0 Å². The first-order valence-corrected chi connectivity index (χ1v) is 5.86. The Labute approximate surface area is 116 Å². The highest BCUT2D eigenvalue weighted by molar-refractivity contribution is 6.20. The number of carboxylic acids is 1. The van der Waals surface area contributed by atoms with E-state index < -0.39 is 5.97 Å². The number of benzene rings is 1. The van der Waals surface area contributed by atoms with Gasteiger partial charge >= 0.3 is 5.97 Å². The molecule has 104 valence electrons. The van der Waals surface area contributed by atoms with Gasteiger partial charge < -0.3 is 19.0 Å². The monoisotopic (exact) mass is 274 g/mol. The van der Waals surface area contributed by atoms with E-state index in [1.165, 1.54) is 26.6 Å². The molecule has 0 unspecified atom stereocenters. The van der Waals surface area contributed by atoms with Crippen molar-refractivity contribution >= 4 is 17.6 Å². The van der Waals surface area contributed by atoms with Crippen LogP contribution >= 0.6 is 0 Å². The van der Waals surface area contributed by atoms with E-state index in [2.05, 4.69) is 0 Å². The van der Waals surface area contributed by atoms with Gasteiger partial charge in [0.15, 0.2) is 11.5 Å². The molecule has 5 nitrogen and oxygen atoms in total. The molecule has 0 atom stereocenters. The molecule has 2 rings (SSSR count). The average molecular weight is 274 g/mol. The van der Waals surface area contributed by atoms with Crippen LogP contribution in [0.2, 0.25) is 0 Å². The molecule has 0 aliphatic carbocycles. The minimum atomic E-state index is -1.05. The van der Waals surface area contributed by atoms with Gasteiger partial charge in [0.1, 0.15) is 5.76 Å². The number of aliphatic carboxylic acids is 1. The van der Waals surface area contributed by atoms with Crippen molar-refractivity contribution in [3.8, 4) is 11.5 Å². The summed E-state index contributed by atoms with van der Waals surface area (Å²) in [4.78, 5) is 11.4. The number of rotatable bonds is 5. The summed E-state index contributed by atoms with van der Waals surface area (Å²) in [6.07, 6.45) is 2.95. The highest BCUT2D eigenvalue weighted by Crippen LogP contribution is 2.31. The van der Waals surface area contributed by atoms with Gasteiger partial charge in [0.2, 0.25) is 0 Å². The van der Waals surface area contributed by atoms with E-state index in [9.17, 15) is 9.90 Å². The lowest BCUT2D eigenvalue weighted by atomic mass is 10.0. The zero-order valence-corrected chi connectivity index (χ0v) is 11.1. The second-order valence-corrected chi connectivity index (χ2v) is 3.95. The molecule has 2 aromatic rings. The van der Waals surface area contributed by atoms with Gasteiger partial charge in [0.05, 0.1) is 26.1 Å². The summed E-state index contributed by atoms with van der Waals surface area (Å²) >= 11 is 0. The van der Waals surface area contributed by atoms with Gasteiger partial charge in [-0.1, -0.05) is 6.07 Å². The molecule has 1 aromatic carbocycles. The van der Waals surface area contributed by atoms with Crippen molar-refractivity contribution in [3.05, 3.63) is 47.9 Å². The summed E-state index contributed by atoms with van der Waals surface area (Å²) in [6.45, 7) is 0. The van der Waals surface area contributed by atoms with Crippen LogP contribution in [0.5, 0.6) is 11.5 Å². The van der Waals surface area contributed by atoms with E-state index in [1.54, 1.807) is 30.3 Å². The Morgan fingerprint density at radius 2 is 1.95 bits per heavy atom. The van der Waals surface area contributed by atoms with Gasteiger partial charge in [-0.3, -0.25) is 0 Å². The lowest BCUT2D eigenvalue weighted by molar-refractivity contribution is -0.130. The zero-order chi connectivity index (χ0) is 14.5. The molecule has 1 heterocycles. The molecule has 20 heavy (non-hydrogen) atoms. The van der Waals surface area contributed by atoms with Crippen molar-refractivity contribution in [3.63, 3.8) is 0 Å². The predicted molar refractivity (Wildman–Crippen MR) is 73.8 cm³/mol. The number of hydrogen-bond donors (Lipinski definition) is 1. The first kappa shape index (κ1) is 13.7. The van der Waals surface area contributed by atoms with Crippen LogP contribution in [0.15, 0.2) is 41.0 Å². The second kappa shape index (κ2) is 5.97. The highest BCUT2D eigenvalue weighted by atomic mass is 16.5. The number of furan rings is 1. The number of carboxylic acid groups (broad SMARTS) is 1. The molecule has 0 saturated carbocycles.